The van der Waals surface area contributed by atoms with Gasteiger partial charge in [0.25, 0.3) is 0 Å². The van der Waals surface area contributed by atoms with Crippen molar-refractivity contribution in [1.82, 2.24) is 18.9 Å². The van der Waals surface area contributed by atoms with E-state index in [0.717, 1.165) is 32.1 Å². The Morgan fingerprint density at radius 2 is 1.75 bits per heavy atom. The molecule has 11 nitrogen and oxygen atoms in total. The Kier molecular flexibility index (Phi) is 8.07. The number of imide groups is 1. The van der Waals surface area contributed by atoms with Crippen LogP contribution in [0, 0.1) is 11.3 Å². The molecule has 3 amide bonds. The summed E-state index contributed by atoms with van der Waals surface area (Å²) in [5.41, 5.74) is -1.86. The monoisotopic (exact) mass is 622 g/mol. The quantitative estimate of drug-likeness (QED) is 0.282. The van der Waals surface area contributed by atoms with Crippen LogP contribution in [0.4, 0.5) is 4.79 Å². The molecule has 2 aliphatic carbocycles. The van der Waals surface area contributed by atoms with Crippen LogP contribution < -0.4 is 11.2 Å². The van der Waals surface area contributed by atoms with Crippen molar-refractivity contribution in [2.24, 2.45) is 16.3 Å². The SMILES string of the molecule is CCCCn1c(O)c(C([Se])=NC)c(=O)n(C2CCC3(CC2)CC2(C3)C(=O)N(C)C(=O)N2CC2CCOCC2)c1=O. The molecule has 219 valence electrons. The first kappa shape index (κ1) is 29.1. The second-order valence-electron chi connectivity index (χ2n) is 12.1. The number of rotatable bonds is 7. The zero-order chi connectivity index (χ0) is 28.8. The molecule has 1 N–H and O–H groups in total. The Labute approximate surface area is 242 Å². The second-order valence-corrected chi connectivity index (χ2v) is 12.9. The summed E-state index contributed by atoms with van der Waals surface area (Å²) in [5, 5.41) is 10.8. The van der Waals surface area contributed by atoms with Gasteiger partial charge in [-0.3, -0.25) is 0 Å². The van der Waals surface area contributed by atoms with Crippen LogP contribution in [0.5, 0.6) is 5.88 Å². The first-order chi connectivity index (χ1) is 19.1. The summed E-state index contributed by atoms with van der Waals surface area (Å²) in [6.45, 7) is 4.28. The molecule has 0 bridgehead atoms. The van der Waals surface area contributed by atoms with Gasteiger partial charge < -0.3 is 4.74 Å². The second kappa shape index (κ2) is 11.1. The summed E-state index contributed by atoms with van der Waals surface area (Å²) in [5.74, 6) is -0.120. The minimum atomic E-state index is -0.781. The van der Waals surface area contributed by atoms with E-state index in [1.54, 1.807) is 7.05 Å². The van der Waals surface area contributed by atoms with Gasteiger partial charge in [-0.05, 0) is 18.8 Å². The zero-order valence-corrected chi connectivity index (χ0v) is 25.4. The molecule has 0 atom stereocenters. The van der Waals surface area contributed by atoms with Gasteiger partial charge in [0.2, 0.25) is 0 Å². The van der Waals surface area contributed by atoms with Crippen LogP contribution in [0.1, 0.15) is 82.7 Å². The molecule has 40 heavy (non-hydrogen) atoms. The van der Waals surface area contributed by atoms with Crippen molar-refractivity contribution < 1.29 is 19.4 Å². The fourth-order valence-corrected chi connectivity index (χ4v) is 7.85. The number of carbonyl (C=O) groups is 2. The number of ether oxygens (including phenoxy) is 1. The number of nitrogens with zero attached hydrogens (tertiary/aromatic N) is 5. The van der Waals surface area contributed by atoms with Gasteiger partial charge in [-0.1, -0.05) is 0 Å². The van der Waals surface area contributed by atoms with Crippen LogP contribution in [0.3, 0.4) is 0 Å². The molecule has 5 rings (SSSR count). The van der Waals surface area contributed by atoms with E-state index in [0.29, 0.717) is 64.3 Å². The number of aromatic nitrogens is 2. The molecule has 2 saturated heterocycles. The maximum absolute atomic E-state index is 13.5. The van der Waals surface area contributed by atoms with E-state index in [1.807, 2.05) is 11.8 Å². The van der Waals surface area contributed by atoms with Gasteiger partial charge in [-0.15, -0.1) is 0 Å². The van der Waals surface area contributed by atoms with Crippen LogP contribution in [0.2, 0.25) is 0 Å². The van der Waals surface area contributed by atoms with Crippen molar-refractivity contribution in [3.63, 3.8) is 0 Å². The first-order valence-corrected chi connectivity index (χ1v) is 15.3. The van der Waals surface area contributed by atoms with Crippen LogP contribution in [0.25, 0.3) is 0 Å². The summed E-state index contributed by atoms with van der Waals surface area (Å²) in [6, 6.07) is -0.512. The Morgan fingerprint density at radius 3 is 2.35 bits per heavy atom. The van der Waals surface area contributed by atoms with Gasteiger partial charge in [0.05, 0.1) is 0 Å². The van der Waals surface area contributed by atoms with E-state index in [9.17, 15) is 24.3 Å². The van der Waals surface area contributed by atoms with Crippen LogP contribution in [0.15, 0.2) is 14.6 Å². The molecule has 1 radical (unpaired) electrons. The van der Waals surface area contributed by atoms with Crippen molar-refractivity contribution in [3.05, 3.63) is 26.4 Å². The Bertz CT molecular complexity index is 1310. The number of aliphatic imine (C=N–C) groups is 1. The number of hydrogen-bond acceptors (Lipinski definition) is 7. The van der Waals surface area contributed by atoms with E-state index in [1.165, 1.54) is 21.1 Å². The molecule has 2 spiro atoms. The summed E-state index contributed by atoms with van der Waals surface area (Å²) < 4.78 is 8.36. The number of unbranched alkanes of at least 4 members (excludes halogenated alkanes) is 1. The predicted octanol–water partition coefficient (Wildman–Crippen LogP) is 2.02. The zero-order valence-electron chi connectivity index (χ0n) is 23.7. The van der Waals surface area contributed by atoms with Crippen LogP contribution >= 0.6 is 0 Å². The number of urea groups is 1. The molecular weight excluding hydrogens is 581 g/mol. The predicted molar refractivity (Wildman–Crippen MR) is 150 cm³/mol. The number of amides is 3. The summed E-state index contributed by atoms with van der Waals surface area (Å²) in [7, 11) is 3.11. The molecule has 12 heteroatoms. The summed E-state index contributed by atoms with van der Waals surface area (Å²) in [6.07, 6.45) is 7.32. The molecule has 0 unspecified atom stereocenters. The van der Waals surface area contributed by atoms with E-state index in [4.69, 9.17) is 4.74 Å². The third-order valence-corrected chi connectivity index (χ3v) is 10.5. The molecule has 1 aromatic heterocycles. The number of hydrogen-bond donors (Lipinski definition) is 1. The standard InChI is InChI=1S/C28H40N5O6Se/c1-4-5-12-31-22(34)20(21(40)29-2)23(35)33(26(31)38)19-6-10-27(11-7-19)16-28(17-27)24(36)30(3)25(37)32(28)15-18-8-13-39-14-9-18/h18-19,34H,4-17H2,1-3H3. The van der Waals surface area contributed by atoms with Crippen LogP contribution in [-0.4, -0.2) is 96.0 Å². The third-order valence-electron chi connectivity index (χ3n) is 9.74. The maximum atomic E-state index is 13.5. The molecular formula is C28H40N5O6Se. The molecule has 3 heterocycles. The fourth-order valence-electron chi connectivity index (χ4n) is 7.47. The van der Waals surface area contributed by atoms with Crippen molar-refractivity contribution in [2.45, 2.75) is 89.3 Å². The molecule has 4 aliphatic rings. The van der Waals surface area contributed by atoms with E-state index >= 15 is 0 Å². The van der Waals surface area contributed by atoms with E-state index in [-0.39, 0.29) is 39.4 Å². The first-order valence-electron chi connectivity index (χ1n) is 14.5. The van der Waals surface area contributed by atoms with Gasteiger partial charge in [0, 0.05) is 20.3 Å². The van der Waals surface area contributed by atoms with Gasteiger partial charge in [0.1, 0.15) is 0 Å². The van der Waals surface area contributed by atoms with Crippen LogP contribution in [-0.2, 0) is 16.1 Å². The van der Waals surface area contributed by atoms with Gasteiger partial charge in [-0.2, -0.15) is 0 Å². The van der Waals surface area contributed by atoms with E-state index in [2.05, 4.69) is 21.0 Å². The number of likely N-dealkylation sites (N-methyl/N-ethyl adjacent to an activating group) is 1. The number of carbonyl (C=O) groups excluding carboxylic acids is 2. The number of aromatic hydroxyl groups is 1. The van der Waals surface area contributed by atoms with Crippen molar-refractivity contribution in [2.75, 3.05) is 33.9 Å². The molecule has 2 saturated carbocycles. The van der Waals surface area contributed by atoms with Gasteiger partial charge in [0.15, 0.2) is 0 Å². The Morgan fingerprint density at radius 1 is 1.10 bits per heavy atom. The molecule has 2 aliphatic heterocycles. The van der Waals surface area contributed by atoms with Crippen molar-refractivity contribution >= 4 is 32.6 Å². The minimum absolute atomic E-state index is 0.0305. The normalized spacial score (nSPS) is 29.6. The molecule has 4 fully saturated rings. The van der Waals surface area contributed by atoms with E-state index < -0.39 is 16.8 Å². The molecule has 1 aromatic rings. The average Bonchev–Trinajstić information content (AvgIpc) is 3.10. The fraction of sp³-hybridized carbons (Fsp3) is 0.750. The molecule has 0 aromatic carbocycles. The Balaban J connectivity index is 1.37. The summed E-state index contributed by atoms with van der Waals surface area (Å²) in [4.78, 5) is 60.7. The van der Waals surface area contributed by atoms with Gasteiger partial charge in [-0.25, -0.2) is 4.79 Å². The van der Waals surface area contributed by atoms with Crippen molar-refractivity contribution in [1.29, 1.82) is 0 Å². The summed E-state index contributed by atoms with van der Waals surface area (Å²) >= 11 is 2.75. The van der Waals surface area contributed by atoms with Crippen molar-refractivity contribution in [3.8, 4) is 5.88 Å². The van der Waals surface area contributed by atoms with Gasteiger partial charge >= 0.3 is 194 Å². The Hall–Kier alpha value is -2.43. The topological polar surface area (TPSA) is 126 Å². The third kappa shape index (κ3) is 4.65. The average molecular weight is 622 g/mol.